The van der Waals surface area contributed by atoms with Crippen molar-refractivity contribution in [3.05, 3.63) is 11.4 Å². The third-order valence-corrected chi connectivity index (χ3v) is 4.32. The first kappa shape index (κ1) is 12.7. The van der Waals surface area contributed by atoms with Crippen LogP contribution in [0.4, 0.5) is 11.6 Å². The molecule has 104 valence electrons. The van der Waals surface area contributed by atoms with Gasteiger partial charge in [-0.15, -0.1) is 0 Å². The summed E-state index contributed by atoms with van der Waals surface area (Å²) in [5, 5.41) is 0. The Labute approximate surface area is 115 Å². The van der Waals surface area contributed by atoms with E-state index in [1.807, 2.05) is 6.92 Å². The zero-order valence-electron chi connectivity index (χ0n) is 12.2. The molecule has 0 bridgehead atoms. The SMILES string of the molecule is Cc1c(N)nc(C2CC2)nc1N1CCCC(C)(C)C1. The molecule has 2 N–H and O–H groups in total. The summed E-state index contributed by atoms with van der Waals surface area (Å²) < 4.78 is 0. The van der Waals surface area contributed by atoms with Gasteiger partial charge in [0.2, 0.25) is 0 Å². The van der Waals surface area contributed by atoms with Gasteiger partial charge in [0, 0.05) is 24.6 Å². The first-order valence-corrected chi connectivity index (χ1v) is 7.35. The van der Waals surface area contributed by atoms with Crippen LogP contribution in [0.5, 0.6) is 0 Å². The lowest BCUT2D eigenvalue weighted by Crippen LogP contribution is -2.41. The van der Waals surface area contributed by atoms with Crippen LogP contribution in [-0.2, 0) is 0 Å². The number of hydrogen-bond acceptors (Lipinski definition) is 4. The Hall–Kier alpha value is -1.32. The maximum atomic E-state index is 6.08. The van der Waals surface area contributed by atoms with E-state index in [1.54, 1.807) is 0 Å². The number of nitrogens with zero attached hydrogens (tertiary/aromatic N) is 3. The lowest BCUT2D eigenvalue weighted by Gasteiger charge is -2.39. The number of nitrogens with two attached hydrogens (primary N) is 1. The molecule has 2 heterocycles. The van der Waals surface area contributed by atoms with E-state index in [1.165, 1.54) is 25.7 Å². The van der Waals surface area contributed by atoms with E-state index in [-0.39, 0.29) is 0 Å². The Bertz CT molecular complexity index is 491. The molecule has 1 saturated carbocycles. The van der Waals surface area contributed by atoms with Crippen molar-refractivity contribution in [2.45, 2.75) is 52.4 Å². The summed E-state index contributed by atoms with van der Waals surface area (Å²) in [6.45, 7) is 8.86. The van der Waals surface area contributed by atoms with Gasteiger partial charge in [0.1, 0.15) is 17.5 Å². The number of rotatable bonds is 2. The predicted octanol–water partition coefficient (Wildman–Crippen LogP) is 2.87. The maximum Gasteiger partial charge on any atom is 0.137 e. The minimum atomic E-state index is 0.365. The van der Waals surface area contributed by atoms with E-state index in [0.29, 0.717) is 17.2 Å². The van der Waals surface area contributed by atoms with Gasteiger partial charge in [-0.2, -0.15) is 0 Å². The summed E-state index contributed by atoms with van der Waals surface area (Å²) in [7, 11) is 0. The average Bonchev–Trinajstić information content (AvgIpc) is 3.15. The third-order valence-electron chi connectivity index (χ3n) is 4.32. The van der Waals surface area contributed by atoms with Crippen molar-refractivity contribution in [3.8, 4) is 0 Å². The Balaban J connectivity index is 1.94. The van der Waals surface area contributed by atoms with Crippen LogP contribution in [0.15, 0.2) is 0 Å². The molecular formula is C15H24N4. The Morgan fingerprint density at radius 2 is 2.00 bits per heavy atom. The van der Waals surface area contributed by atoms with Crippen molar-refractivity contribution in [2.75, 3.05) is 23.7 Å². The molecular weight excluding hydrogens is 236 g/mol. The van der Waals surface area contributed by atoms with Crippen LogP contribution in [-0.4, -0.2) is 23.1 Å². The van der Waals surface area contributed by atoms with Crippen molar-refractivity contribution in [2.24, 2.45) is 5.41 Å². The average molecular weight is 260 g/mol. The lowest BCUT2D eigenvalue weighted by molar-refractivity contribution is 0.291. The highest BCUT2D eigenvalue weighted by Gasteiger charge is 2.31. The van der Waals surface area contributed by atoms with E-state index in [0.717, 1.165) is 30.3 Å². The lowest BCUT2D eigenvalue weighted by atomic mass is 9.84. The second-order valence-electron chi connectivity index (χ2n) is 6.88. The van der Waals surface area contributed by atoms with Gasteiger partial charge in [-0.3, -0.25) is 0 Å². The molecule has 1 aromatic heterocycles. The molecule has 3 rings (SSSR count). The first-order chi connectivity index (χ1) is 8.96. The number of piperidine rings is 1. The number of anilines is 2. The highest BCUT2D eigenvalue weighted by Crippen LogP contribution is 2.40. The fourth-order valence-corrected chi connectivity index (χ4v) is 2.98. The Kier molecular flexibility index (Phi) is 2.91. The topological polar surface area (TPSA) is 55.0 Å². The summed E-state index contributed by atoms with van der Waals surface area (Å²) in [4.78, 5) is 11.7. The van der Waals surface area contributed by atoms with Crippen molar-refractivity contribution >= 4 is 11.6 Å². The zero-order valence-corrected chi connectivity index (χ0v) is 12.2. The quantitative estimate of drug-likeness (QED) is 0.888. The van der Waals surface area contributed by atoms with E-state index >= 15 is 0 Å². The second-order valence-corrected chi connectivity index (χ2v) is 6.88. The molecule has 4 nitrogen and oxygen atoms in total. The van der Waals surface area contributed by atoms with Gasteiger partial charge in [-0.05, 0) is 38.0 Å². The van der Waals surface area contributed by atoms with Crippen LogP contribution in [0.2, 0.25) is 0 Å². The van der Waals surface area contributed by atoms with E-state index in [2.05, 4.69) is 23.7 Å². The molecule has 0 atom stereocenters. The van der Waals surface area contributed by atoms with Gasteiger partial charge >= 0.3 is 0 Å². The summed E-state index contributed by atoms with van der Waals surface area (Å²) in [5.41, 5.74) is 7.49. The van der Waals surface area contributed by atoms with Crippen LogP contribution in [0.1, 0.15) is 56.8 Å². The molecule has 1 aliphatic heterocycles. The Morgan fingerprint density at radius 1 is 1.26 bits per heavy atom. The molecule has 1 aromatic rings. The second kappa shape index (κ2) is 4.36. The fourth-order valence-electron chi connectivity index (χ4n) is 2.98. The number of nitrogen functional groups attached to an aromatic ring is 1. The summed E-state index contributed by atoms with van der Waals surface area (Å²) in [6.07, 6.45) is 4.95. The van der Waals surface area contributed by atoms with E-state index in [9.17, 15) is 0 Å². The molecule has 2 fully saturated rings. The van der Waals surface area contributed by atoms with E-state index < -0.39 is 0 Å². The highest BCUT2D eigenvalue weighted by molar-refractivity contribution is 5.57. The molecule has 0 spiro atoms. The normalized spacial score (nSPS) is 22.6. The van der Waals surface area contributed by atoms with Crippen molar-refractivity contribution in [1.29, 1.82) is 0 Å². The van der Waals surface area contributed by atoms with Gasteiger partial charge < -0.3 is 10.6 Å². The molecule has 4 heteroatoms. The minimum absolute atomic E-state index is 0.365. The molecule has 0 unspecified atom stereocenters. The molecule has 0 radical (unpaired) electrons. The smallest absolute Gasteiger partial charge is 0.137 e. The van der Waals surface area contributed by atoms with Gasteiger partial charge in [0.25, 0.3) is 0 Å². The minimum Gasteiger partial charge on any atom is -0.383 e. The van der Waals surface area contributed by atoms with Gasteiger partial charge in [-0.1, -0.05) is 13.8 Å². The first-order valence-electron chi connectivity index (χ1n) is 7.35. The van der Waals surface area contributed by atoms with Crippen molar-refractivity contribution in [3.63, 3.8) is 0 Å². The highest BCUT2D eigenvalue weighted by atomic mass is 15.2. The maximum absolute atomic E-state index is 6.08. The van der Waals surface area contributed by atoms with Crippen LogP contribution in [0, 0.1) is 12.3 Å². The zero-order chi connectivity index (χ0) is 13.6. The number of hydrogen-bond donors (Lipinski definition) is 1. The van der Waals surface area contributed by atoms with Crippen LogP contribution in [0.3, 0.4) is 0 Å². The summed E-state index contributed by atoms with van der Waals surface area (Å²) in [5.74, 6) is 3.25. The standard InChI is InChI=1S/C15H24N4/c1-10-12(16)17-13(11-5-6-11)18-14(10)19-8-4-7-15(2,3)9-19/h11H,4-9H2,1-3H3,(H2,16,17,18). The van der Waals surface area contributed by atoms with Crippen molar-refractivity contribution < 1.29 is 0 Å². The Morgan fingerprint density at radius 3 is 2.63 bits per heavy atom. The van der Waals surface area contributed by atoms with Gasteiger partial charge in [-0.25, -0.2) is 9.97 Å². The molecule has 1 saturated heterocycles. The fraction of sp³-hybridized carbons (Fsp3) is 0.733. The van der Waals surface area contributed by atoms with Crippen LogP contribution < -0.4 is 10.6 Å². The molecule has 0 aromatic carbocycles. The van der Waals surface area contributed by atoms with Gasteiger partial charge in [0.15, 0.2) is 0 Å². The predicted molar refractivity (Wildman–Crippen MR) is 78.4 cm³/mol. The van der Waals surface area contributed by atoms with Crippen LogP contribution in [0.25, 0.3) is 0 Å². The third kappa shape index (κ3) is 2.53. The van der Waals surface area contributed by atoms with Crippen LogP contribution >= 0.6 is 0 Å². The van der Waals surface area contributed by atoms with Crippen molar-refractivity contribution in [1.82, 2.24) is 9.97 Å². The summed E-state index contributed by atoms with van der Waals surface area (Å²) in [6, 6.07) is 0. The summed E-state index contributed by atoms with van der Waals surface area (Å²) >= 11 is 0. The molecule has 1 aliphatic carbocycles. The molecule has 19 heavy (non-hydrogen) atoms. The largest absolute Gasteiger partial charge is 0.383 e. The monoisotopic (exact) mass is 260 g/mol. The molecule has 0 amide bonds. The van der Waals surface area contributed by atoms with E-state index in [4.69, 9.17) is 10.7 Å². The number of aromatic nitrogens is 2. The molecule has 2 aliphatic rings. The van der Waals surface area contributed by atoms with Gasteiger partial charge in [0.05, 0.1) is 0 Å².